The highest BCUT2D eigenvalue weighted by molar-refractivity contribution is 7.22. The second-order valence-electron chi connectivity index (χ2n) is 8.53. The average molecular weight is 470 g/mol. The van der Waals surface area contributed by atoms with Gasteiger partial charge in [-0.2, -0.15) is 0 Å². The lowest BCUT2D eigenvalue weighted by Gasteiger charge is -2.30. The van der Waals surface area contributed by atoms with Crippen LogP contribution in [0.1, 0.15) is 31.7 Å². The zero-order valence-electron chi connectivity index (χ0n) is 18.9. The molecule has 10 heteroatoms. The molecular formula is C23H27N5O4S. The molecule has 1 amide bonds. The Morgan fingerprint density at radius 2 is 1.94 bits per heavy atom. The van der Waals surface area contributed by atoms with Crippen molar-refractivity contribution in [2.75, 3.05) is 36.0 Å². The van der Waals surface area contributed by atoms with Gasteiger partial charge in [0, 0.05) is 19.6 Å². The van der Waals surface area contributed by atoms with Crippen molar-refractivity contribution in [3.8, 4) is 5.75 Å². The van der Waals surface area contributed by atoms with Gasteiger partial charge in [0.1, 0.15) is 23.6 Å². The second kappa shape index (κ2) is 8.66. The molecule has 0 N–H and O–H groups in total. The third-order valence-electron chi connectivity index (χ3n) is 6.15. The van der Waals surface area contributed by atoms with Crippen molar-refractivity contribution in [3.63, 3.8) is 0 Å². The van der Waals surface area contributed by atoms with Gasteiger partial charge in [0.05, 0.1) is 12.2 Å². The Bertz CT molecular complexity index is 1340. The summed E-state index contributed by atoms with van der Waals surface area (Å²) in [6.45, 7) is 6.55. The summed E-state index contributed by atoms with van der Waals surface area (Å²) in [6.07, 6.45) is 2.80. The summed E-state index contributed by atoms with van der Waals surface area (Å²) in [4.78, 5) is 48.3. The number of anilines is 2. The summed E-state index contributed by atoms with van der Waals surface area (Å²) in [5.41, 5.74) is 1.21. The minimum Gasteiger partial charge on any atom is -0.490 e. The highest BCUT2D eigenvalue weighted by Gasteiger charge is 2.27. The SMILES string of the molecule is CCCn1c(=O)c2sc(N3CCCC3)nc2n(CC(=O)N2CCOc3ccc(C)cc32)c1=O. The summed E-state index contributed by atoms with van der Waals surface area (Å²) in [7, 11) is 0. The minimum atomic E-state index is -0.487. The van der Waals surface area contributed by atoms with Gasteiger partial charge in [-0.1, -0.05) is 24.3 Å². The van der Waals surface area contributed by atoms with Gasteiger partial charge in [-0.3, -0.25) is 18.7 Å². The lowest BCUT2D eigenvalue weighted by atomic mass is 10.1. The lowest BCUT2D eigenvalue weighted by molar-refractivity contribution is -0.119. The molecule has 0 saturated carbocycles. The third-order valence-corrected chi connectivity index (χ3v) is 7.24. The van der Waals surface area contributed by atoms with Gasteiger partial charge in [0.2, 0.25) is 5.91 Å². The number of ether oxygens (including phenoxy) is 1. The first-order valence-corrected chi connectivity index (χ1v) is 12.2. The van der Waals surface area contributed by atoms with Crippen molar-refractivity contribution in [3.05, 3.63) is 44.6 Å². The number of aromatic nitrogens is 3. The number of amides is 1. The van der Waals surface area contributed by atoms with Gasteiger partial charge >= 0.3 is 5.69 Å². The number of benzene rings is 1. The predicted molar refractivity (Wildman–Crippen MR) is 129 cm³/mol. The largest absolute Gasteiger partial charge is 0.490 e. The van der Waals surface area contributed by atoms with Crippen LogP contribution in [0.3, 0.4) is 0 Å². The molecule has 1 aromatic carbocycles. The highest BCUT2D eigenvalue weighted by atomic mass is 32.1. The monoisotopic (exact) mass is 469 g/mol. The molecule has 2 aromatic heterocycles. The second-order valence-corrected chi connectivity index (χ2v) is 9.51. The van der Waals surface area contributed by atoms with Gasteiger partial charge in [0.15, 0.2) is 10.8 Å². The Balaban J connectivity index is 1.59. The van der Waals surface area contributed by atoms with Gasteiger partial charge in [0.25, 0.3) is 5.56 Å². The van der Waals surface area contributed by atoms with E-state index in [1.807, 2.05) is 32.0 Å². The fourth-order valence-electron chi connectivity index (χ4n) is 4.48. The number of hydrogen-bond acceptors (Lipinski definition) is 7. The zero-order chi connectivity index (χ0) is 23.1. The van der Waals surface area contributed by atoms with E-state index in [4.69, 9.17) is 4.74 Å². The lowest BCUT2D eigenvalue weighted by Crippen LogP contribution is -2.45. The van der Waals surface area contributed by atoms with Crippen LogP contribution >= 0.6 is 11.3 Å². The van der Waals surface area contributed by atoms with E-state index in [2.05, 4.69) is 9.88 Å². The van der Waals surface area contributed by atoms with E-state index < -0.39 is 5.69 Å². The van der Waals surface area contributed by atoms with Crippen LogP contribution in [0.2, 0.25) is 0 Å². The van der Waals surface area contributed by atoms with Gasteiger partial charge < -0.3 is 14.5 Å². The fraction of sp³-hybridized carbons (Fsp3) is 0.478. The van der Waals surface area contributed by atoms with Crippen LogP contribution in [0.15, 0.2) is 27.8 Å². The van der Waals surface area contributed by atoms with Crippen molar-refractivity contribution >= 4 is 38.4 Å². The molecule has 9 nitrogen and oxygen atoms in total. The molecule has 1 fully saturated rings. The number of nitrogens with zero attached hydrogens (tertiary/aromatic N) is 5. The number of fused-ring (bicyclic) bond motifs is 2. The summed E-state index contributed by atoms with van der Waals surface area (Å²) < 4.78 is 8.74. The molecule has 0 radical (unpaired) electrons. The fourth-order valence-corrected chi connectivity index (χ4v) is 5.55. The normalized spacial score (nSPS) is 15.7. The molecule has 1 saturated heterocycles. The summed E-state index contributed by atoms with van der Waals surface area (Å²) >= 11 is 1.31. The van der Waals surface area contributed by atoms with E-state index in [0.717, 1.165) is 36.6 Å². The van der Waals surface area contributed by atoms with Gasteiger partial charge in [-0.25, -0.2) is 9.78 Å². The number of carbonyl (C=O) groups excluding carboxylic acids is 1. The topological polar surface area (TPSA) is 89.7 Å². The molecule has 3 aromatic rings. The number of rotatable bonds is 5. The first kappa shape index (κ1) is 21.7. The van der Waals surface area contributed by atoms with Gasteiger partial charge in [-0.15, -0.1) is 0 Å². The van der Waals surface area contributed by atoms with Crippen LogP contribution in [0, 0.1) is 6.92 Å². The maximum absolute atomic E-state index is 13.4. The molecule has 0 bridgehead atoms. The maximum Gasteiger partial charge on any atom is 0.333 e. The van der Waals surface area contributed by atoms with E-state index in [1.165, 1.54) is 20.5 Å². The van der Waals surface area contributed by atoms with E-state index in [-0.39, 0.29) is 18.0 Å². The van der Waals surface area contributed by atoms with Crippen LogP contribution in [-0.2, 0) is 17.9 Å². The zero-order valence-corrected chi connectivity index (χ0v) is 19.7. The van der Waals surface area contributed by atoms with Crippen LogP contribution in [-0.4, -0.2) is 46.3 Å². The van der Waals surface area contributed by atoms with Crippen LogP contribution < -0.4 is 25.8 Å². The van der Waals surface area contributed by atoms with E-state index in [0.29, 0.717) is 47.9 Å². The molecule has 0 spiro atoms. The molecular weight excluding hydrogens is 442 g/mol. The molecule has 33 heavy (non-hydrogen) atoms. The Morgan fingerprint density at radius 3 is 2.70 bits per heavy atom. The number of thiazole rings is 1. The quantitative estimate of drug-likeness (QED) is 0.570. The van der Waals surface area contributed by atoms with Gasteiger partial charge in [-0.05, 0) is 43.9 Å². The van der Waals surface area contributed by atoms with Crippen molar-refractivity contribution in [1.29, 1.82) is 0 Å². The molecule has 174 valence electrons. The van der Waals surface area contributed by atoms with Crippen LogP contribution in [0.5, 0.6) is 5.75 Å². The standard InChI is InChI=1S/C23H27N5O4S/c1-3-8-27-21(30)19-20(24-22(33-19)25-9-4-5-10-25)28(23(27)31)14-18(29)26-11-12-32-17-7-6-15(2)13-16(17)26/h6-7,13H,3-5,8-12,14H2,1-2H3. The number of aryl methyl sites for hydroxylation is 1. The third kappa shape index (κ3) is 3.82. The molecule has 4 heterocycles. The van der Waals surface area contributed by atoms with Crippen molar-refractivity contribution in [2.24, 2.45) is 0 Å². The number of hydrogen-bond donors (Lipinski definition) is 0. The predicted octanol–water partition coefficient (Wildman–Crippen LogP) is 2.36. The Morgan fingerprint density at radius 1 is 1.15 bits per heavy atom. The Hall–Kier alpha value is -3.14. The summed E-state index contributed by atoms with van der Waals surface area (Å²) in [6, 6.07) is 5.71. The average Bonchev–Trinajstić information content (AvgIpc) is 3.49. The van der Waals surface area contributed by atoms with Crippen molar-refractivity contribution in [2.45, 2.75) is 46.2 Å². The van der Waals surface area contributed by atoms with E-state index in [9.17, 15) is 14.4 Å². The molecule has 0 atom stereocenters. The van der Waals surface area contributed by atoms with Crippen molar-refractivity contribution in [1.82, 2.24) is 14.1 Å². The smallest absolute Gasteiger partial charge is 0.333 e. The molecule has 2 aliphatic heterocycles. The molecule has 0 aliphatic carbocycles. The first-order valence-electron chi connectivity index (χ1n) is 11.4. The van der Waals surface area contributed by atoms with E-state index in [1.54, 1.807) is 4.90 Å². The molecule has 5 rings (SSSR count). The molecule has 2 aliphatic rings. The molecule has 0 unspecified atom stereocenters. The van der Waals surface area contributed by atoms with Crippen LogP contribution in [0.4, 0.5) is 10.8 Å². The Kier molecular flexibility index (Phi) is 5.69. The highest BCUT2D eigenvalue weighted by Crippen LogP contribution is 2.33. The maximum atomic E-state index is 13.4. The van der Waals surface area contributed by atoms with Crippen LogP contribution in [0.25, 0.3) is 10.3 Å². The number of carbonyl (C=O) groups is 1. The van der Waals surface area contributed by atoms with E-state index >= 15 is 0 Å². The van der Waals surface area contributed by atoms with Crippen molar-refractivity contribution < 1.29 is 9.53 Å². The minimum absolute atomic E-state index is 0.185. The first-order chi connectivity index (χ1) is 16.0. The summed E-state index contributed by atoms with van der Waals surface area (Å²) in [5.74, 6) is 0.421. The summed E-state index contributed by atoms with van der Waals surface area (Å²) in [5, 5.41) is 0.738. The Labute approximate surface area is 194 Å².